The van der Waals surface area contributed by atoms with Gasteiger partial charge in [-0.2, -0.15) is 0 Å². The van der Waals surface area contributed by atoms with Crippen molar-refractivity contribution in [1.29, 1.82) is 0 Å². The van der Waals surface area contributed by atoms with E-state index in [0.29, 0.717) is 6.04 Å². The molecule has 2 aliphatic carbocycles. The fourth-order valence-corrected chi connectivity index (χ4v) is 5.29. The molecule has 38 heavy (non-hydrogen) atoms. The number of ether oxygens (including phenoxy) is 2. The van der Waals surface area contributed by atoms with E-state index in [1.54, 1.807) is 14.2 Å². The van der Waals surface area contributed by atoms with Crippen molar-refractivity contribution in [2.45, 2.75) is 38.1 Å². The van der Waals surface area contributed by atoms with Crippen LogP contribution in [0, 0.1) is 0 Å². The molecule has 0 bridgehead atoms. The van der Waals surface area contributed by atoms with Crippen LogP contribution in [0.15, 0.2) is 89.9 Å². The molecule has 1 fully saturated rings. The number of anilines is 2. The molecule has 3 aromatic rings. The summed E-state index contributed by atoms with van der Waals surface area (Å²) in [5.74, 6) is 1.66. The van der Waals surface area contributed by atoms with Crippen molar-refractivity contribution in [3.8, 4) is 28.6 Å². The molecule has 0 atom stereocenters. The number of fused-ring (bicyclic) bond motifs is 2. The summed E-state index contributed by atoms with van der Waals surface area (Å²) >= 11 is 0. The summed E-state index contributed by atoms with van der Waals surface area (Å²) in [6, 6.07) is 29.1. The summed E-state index contributed by atoms with van der Waals surface area (Å²) < 4.78 is 13.0. The number of rotatable bonds is 6. The lowest BCUT2D eigenvalue weighted by Crippen LogP contribution is -2.19. The fourth-order valence-electron chi connectivity index (χ4n) is 5.29. The Morgan fingerprint density at radius 3 is 2.21 bits per heavy atom. The van der Waals surface area contributed by atoms with Crippen molar-refractivity contribution in [1.82, 2.24) is 9.55 Å². The molecule has 1 aliphatic heterocycles. The Kier molecular flexibility index (Phi) is 6.69. The van der Waals surface area contributed by atoms with E-state index in [0.717, 1.165) is 69.2 Å². The normalized spacial score (nSPS) is 14.6. The van der Waals surface area contributed by atoms with Gasteiger partial charge in [0.05, 0.1) is 53.7 Å². The maximum absolute atomic E-state index is 5.42. The molecule has 6 rings (SSSR count). The standard InChI is InChI=1S/C32H32N4O2/c1-37-25-16-12-23(13-17-25)34-28-20-30-32(21-29(28)33-22-8-4-3-5-9-22)36(24-14-18-26(38-2)19-15-24)31-11-7-6-10-27(31)35-30/h6-7,10-22,34H,3-5,8-9H2,1-2H3. The highest BCUT2D eigenvalue weighted by molar-refractivity contribution is 5.84. The van der Waals surface area contributed by atoms with Crippen molar-refractivity contribution >= 4 is 22.4 Å². The molecule has 6 nitrogen and oxygen atoms in total. The monoisotopic (exact) mass is 504 g/mol. The molecule has 3 aromatic carbocycles. The topological polar surface area (TPSA) is 60.7 Å². The van der Waals surface area contributed by atoms with E-state index < -0.39 is 0 Å². The van der Waals surface area contributed by atoms with Crippen LogP contribution >= 0.6 is 0 Å². The van der Waals surface area contributed by atoms with E-state index in [9.17, 15) is 0 Å². The zero-order valence-electron chi connectivity index (χ0n) is 21.9. The van der Waals surface area contributed by atoms with Gasteiger partial charge in [-0.3, -0.25) is 4.99 Å². The summed E-state index contributed by atoms with van der Waals surface area (Å²) in [6.07, 6.45) is 6.04. The van der Waals surface area contributed by atoms with Gasteiger partial charge in [0.1, 0.15) is 11.5 Å². The highest BCUT2D eigenvalue weighted by Gasteiger charge is 2.18. The molecular formula is C32H32N4O2. The van der Waals surface area contributed by atoms with Crippen LogP contribution in [0.4, 0.5) is 11.4 Å². The zero-order chi connectivity index (χ0) is 25.9. The number of nitrogens with zero attached hydrogens (tertiary/aromatic N) is 3. The van der Waals surface area contributed by atoms with Gasteiger partial charge in [-0.15, -0.1) is 0 Å². The first-order valence-electron chi connectivity index (χ1n) is 13.3. The van der Waals surface area contributed by atoms with Crippen molar-refractivity contribution in [2.75, 3.05) is 19.5 Å². The summed E-state index contributed by atoms with van der Waals surface area (Å²) in [5.41, 5.74) is 6.88. The van der Waals surface area contributed by atoms with Crippen molar-refractivity contribution in [3.63, 3.8) is 0 Å². The molecule has 1 heterocycles. The van der Waals surface area contributed by atoms with Gasteiger partial charge >= 0.3 is 0 Å². The number of nitrogens with one attached hydrogen (secondary N) is 1. The van der Waals surface area contributed by atoms with E-state index in [1.807, 2.05) is 42.5 Å². The predicted molar refractivity (Wildman–Crippen MR) is 153 cm³/mol. The number of methoxy groups -OCH3 is 2. The molecule has 192 valence electrons. The summed E-state index contributed by atoms with van der Waals surface area (Å²) in [5, 5.41) is 4.57. The molecule has 6 heteroatoms. The molecular weight excluding hydrogens is 472 g/mol. The van der Waals surface area contributed by atoms with Gasteiger partial charge in [0.15, 0.2) is 0 Å². The fraction of sp³-hybridized carbons (Fsp3) is 0.250. The third-order valence-electron chi connectivity index (χ3n) is 7.29. The van der Waals surface area contributed by atoms with Crippen LogP contribution in [0.25, 0.3) is 28.1 Å². The number of benzene rings is 4. The molecule has 0 aromatic heterocycles. The maximum Gasteiger partial charge on any atom is 0.119 e. The predicted octanol–water partition coefficient (Wildman–Crippen LogP) is 7.12. The van der Waals surface area contributed by atoms with Crippen LogP contribution < -0.4 is 20.1 Å². The highest BCUT2D eigenvalue weighted by Crippen LogP contribution is 2.31. The Morgan fingerprint density at radius 1 is 0.816 bits per heavy atom. The molecule has 1 N–H and O–H groups in total. The van der Waals surface area contributed by atoms with E-state index in [1.165, 1.54) is 19.3 Å². The first-order chi connectivity index (χ1) is 18.7. The molecule has 0 radical (unpaired) electrons. The Bertz CT molecular complexity index is 1580. The van der Waals surface area contributed by atoms with Crippen molar-refractivity contribution in [3.05, 3.63) is 90.3 Å². The quantitative estimate of drug-likeness (QED) is 0.250. The van der Waals surface area contributed by atoms with Gasteiger partial charge in [0.2, 0.25) is 0 Å². The van der Waals surface area contributed by atoms with Gasteiger partial charge in [-0.1, -0.05) is 31.4 Å². The van der Waals surface area contributed by atoms with E-state index in [4.69, 9.17) is 19.5 Å². The Morgan fingerprint density at radius 2 is 1.50 bits per heavy atom. The minimum atomic E-state index is 0.334. The van der Waals surface area contributed by atoms with Gasteiger partial charge in [-0.25, -0.2) is 4.98 Å². The second kappa shape index (κ2) is 10.6. The van der Waals surface area contributed by atoms with Crippen molar-refractivity contribution < 1.29 is 9.47 Å². The van der Waals surface area contributed by atoms with Crippen LogP contribution in [0.2, 0.25) is 0 Å². The lowest BCUT2D eigenvalue weighted by molar-refractivity contribution is 0.414. The largest absolute Gasteiger partial charge is 0.497 e. The van der Waals surface area contributed by atoms with Gasteiger partial charge in [0.25, 0.3) is 0 Å². The van der Waals surface area contributed by atoms with Crippen LogP contribution in [-0.2, 0) is 0 Å². The second-order valence-corrected chi connectivity index (χ2v) is 9.77. The number of hydrogen-bond acceptors (Lipinski definition) is 5. The lowest BCUT2D eigenvalue weighted by atomic mass is 9.96. The summed E-state index contributed by atoms with van der Waals surface area (Å²) in [7, 11) is 3.37. The zero-order valence-corrected chi connectivity index (χ0v) is 21.9. The molecule has 0 saturated heterocycles. The minimum absolute atomic E-state index is 0.334. The number of aromatic nitrogens is 2. The van der Waals surface area contributed by atoms with Crippen LogP contribution in [0.3, 0.4) is 0 Å². The minimum Gasteiger partial charge on any atom is -0.497 e. The van der Waals surface area contributed by atoms with Gasteiger partial charge < -0.3 is 19.4 Å². The Labute approximate surface area is 222 Å². The molecule has 0 amide bonds. The van der Waals surface area contributed by atoms with E-state index >= 15 is 0 Å². The summed E-state index contributed by atoms with van der Waals surface area (Å²) in [4.78, 5) is 10.4. The second-order valence-electron chi connectivity index (χ2n) is 9.77. The number of para-hydroxylation sites is 2. The lowest BCUT2D eigenvalue weighted by Gasteiger charge is -2.22. The summed E-state index contributed by atoms with van der Waals surface area (Å²) in [6.45, 7) is 0. The average Bonchev–Trinajstić information content (AvgIpc) is 2.97. The highest BCUT2D eigenvalue weighted by atomic mass is 16.5. The molecule has 1 saturated carbocycles. The molecule has 0 unspecified atom stereocenters. The van der Waals surface area contributed by atoms with E-state index in [-0.39, 0.29) is 0 Å². The van der Waals surface area contributed by atoms with Crippen LogP contribution in [0.5, 0.6) is 11.5 Å². The third kappa shape index (κ3) is 4.82. The van der Waals surface area contributed by atoms with Crippen LogP contribution in [-0.4, -0.2) is 29.8 Å². The molecule has 3 aliphatic rings. The van der Waals surface area contributed by atoms with Gasteiger partial charge in [0, 0.05) is 11.4 Å². The maximum atomic E-state index is 5.42. The van der Waals surface area contributed by atoms with E-state index in [2.05, 4.69) is 52.3 Å². The first kappa shape index (κ1) is 24.0. The Hall–Kier alpha value is -4.32. The number of hydrogen-bond donors (Lipinski definition) is 1. The van der Waals surface area contributed by atoms with Crippen molar-refractivity contribution in [2.24, 2.45) is 4.99 Å². The van der Waals surface area contributed by atoms with Gasteiger partial charge in [-0.05, 0) is 85.6 Å². The smallest absolute Gasteiger partial charge is 0.119 e. The van der Waals surface area contributed by atoms with Crippen LogP contribution in [0.1, 0.15) is 32.1 Å². The SMILES string of the molecule is COc1ccc(Nc2cc3nc4ccccc4n(-c4ccc(OC)cc4)c-3cc2=NC2CCCCC2)cc1. The third-order valence-corrected chi connectivity index (χ3v) is 7.29. The molecule has 0 spiro atoms. The Balaban J connectivity index is 1.57. The average molecular weight is 505 g/mol. The first-order valence-corrected chi connectivity index (χ1v) is 13.3.